The van der Waals surface area contributed by atoms with E-state index >= 15 is 0 Å². The van der Waals surface area contributed by atoms with E-state index in [2.05, 4.69) is 19.9 Å². The number of hydrogen-bond donors (Lipinski definition) is 2. The summed E-state index contributed by atoms with van der Waals surface area (Å²) in [7, 11) is 0. The summed E-state index contributed by atoms with van der Waals surface area (Å²) in [5.41, 5.74) is 6.33. The molecule has 2 rings (SSSR count). The van der Waals surface area contributed by atoms with Crippen molar-refractivity contribution in [1.29, 1.82) is 0 Å². The first-order valence-electron chi connectivity index (χ1n) is 5.49. The van der Waals surface area contributed by atoms with Crippen LogP contribution in [0.3, 0.4) is 0 Å². The molecule has 0 spiro atoms. The molecule has 8 heteroatoms. The zero-order valence-electron chi connectivity index (χ0n) is 10.5. The number of carboxylic acids is 1. The molecule has 0 saturated carbocycles. The molecule has 0 aliphatic rings. The largest absolute Gasteiger partial charge is 0.480 e. The number of aromatic nitrogens is 4. The van der Waals surface area contributed by atoms with Gasteiger partial charge in [-0.05, 0) is 17.5 Å². The number of halogens is 1. The van der Waals surface area contributed by atoms with Crippen molar-refractivity contribution >= 4 is 28.7 Å². The summed E-state index contributed by atoms with van der Waals surface area (Å²) in [5.74, 6) is -0.910. The molecule has 0 fully saturated rings. The van der Waals surface area contributed by atoms with Crippen LogP contribution < -0.4 is 5.73 Å². The third-order valence-electron chi connectivity index (χ3n) is 2.20. The van der Waals surface area contributed by atoms with Crippen LogP contribution in [0, 0.1) is 5.92 Å². The molecule has 102 valence electrons. The van der Waals surface area contributed by atoms with Gasteiger partial charge >= 0.3 is 5.97 Å². The Balaban J connectivity index is 0.000000203. The molecule has 2 aromatic heterocycles. The molecule has 2 aromatic rings. The highest BCUT2D eigenvalue weighted by Crippen LogP contribution is 2.05. The highest BCUT2D eigenvalue weighted by molar-refractivity contribution is 6.28. The van der Waals surface area contributed by atoms with Crippen molar-refractivity contribution in [2.45, 2.75) is 19.9 Å². The van der Waals surface area contributed by atoms with Crippen molar-refractivity contribution in [1.82, 2.24) is 19.9 Å². The van der Waals surface area contributed by atoms with Crippen LogP contribution >= 0.6 is 11.6 Å². The SMILES string of the molecule is CC(C)[C@H](N)C(=O)O.Clc1ncc2nccnc2n1. The van der Waals surface area contributed by atoms with Gasteiger partial charge in [-0.3, -0.25) is 4.79 Å². The standard InChI is InChI=1S/C6H3ClN4.C5H11NO2/c7-6-10-3-4-5(11-6)9-2-1-8-4;1-3(2)4(6)5(7)8/h1-3H;3-4H,6H2,1-2H3,(H,7,8)/t;4-/m.0/s1. The molecule has 0 aliphatic heterocycles. The molecular formula is C11H14ClN5O2. The molecule has 0 radical (unpaired) electrons. The fourth-order valence-electron chi connectivity index (χ4n) is 1.03. The lowest BCUT2D eigenvalue weighted by Gasteiger charge is -2.07. The van der Waals surface area contributed by atoms with Crippen molar-refractivity contribution in [3.63, 3.8) is 0 Å². The predicted octanol–water partition coefficient (Wildman–Crippen LogP) is 1.13. The van der Waals surface area contributed by atoms with E-state index in [4.69, 9.17) is 22.4 Å². The second-order valence-electron chi connectivity index (χ2n) is 4.01. The number of aliphatic carboxylic acids is 1. The number of carbonyl (C=O) groups is 1. The monoisotopic (exact) mass is 283 g/mol. The number of carboxylic acid groups (broad SMARTS) is 1. The van der Waals surface area contributed by atoms with E-state index in [1.165, 1.54) is 6.20 Å². The van der Waals surface area contributed by atoms with Gasteiger partial charge in [-0.1, -0.05) is 13.8 Å². The smallest absolute Gasteiger partial charge is 0.320 e. The van der Waals surface area contributed by atoms with Crippen LogP contribution in [0.1, 0.15) is 13.8 Å². The van der Waals surface area contributed by atoms with Crippen LogP contribution in [0.5, 0.6) is 0 Å². The van der Waals surface area contributed by atoms with Gasteiger partial charge in [0.15, 0.2) is 5.65 Å². The molecule has 7 nitrogen and oxygen atoms in total. The molecule has 0 bridgehead atoms. The number of nitrogens with two attached hydrogens (primary N) is 1. The predicted molar refractivity (Wildman–Crippen MR) is 70.6 cm³/mol. The highest BCUT2D eigenvalue weighted by Gasteiger charge is 2.14. The van der Waals surface area contributed by atoms with Crippen LogP contribution in [0.25, 0.3) is 11.2 Å². The van der Waals surface area contributed by atoms with Gasteiger partial charge in [0.1, 0.15) is 11.6 Å². The van der Waals surface area contributed by atoms with Crippen molar-refractivity contribution in [2.75, 3.05) is 0 Å². The lowest BCUT2D eigenvalue weighted by Crippen LogP contribution is -2.34. The zero-order chi connectivity index (χ0) is 14.4. The van der Waals surface area contributed by atoms with Crippen LogP contribution in [0.15, 0.2) is 18.6 Å². The molecular weight excluding hydrogens is 270 g/mol. The highest BCUT2D eigenvalue weighted by atomic mass is 35.5. The Bertz CT molecular complexity index is 564. The van der Waals surface area contributed by atoms with Crippen molar-refractivity contribution in [2.24, 2.45) is 11.7 Å². The maximum Gasteiger partial charge on any atom is 0.320 e. The first-order valence-corrected chi connectivity index (χ1v) is 5.87. The Morgan fingerprint density at radius 1 is 1.32 bits per heavy atom. The van der Waals surface area contributed by atoms with E-state index in [0.29, 0.717) is 11.2 Å². The van der Waals surface area contributed by atoms with Crippen LogP contribution in [0.2, 0.25) is 5.28 Å². The molecule has 3 N–H and O–H groups in total. The zero-order valence-corrected chi connectivity index (χ0v) is 11.2. The first-order chi connectivity index (χ1) is 8.91. The van der Waals surface area contributed by atoms with Crippen molar-refractivity contribution in [3.05, 3.63) is 23.9 Å². The molecule has 0 aliphatic carbocycles. The number of nitrogens with zero attached hydrogens (tertiary/aromatic N) is 4. The second kappa shape index (κ2) is 6.91. The fourth-order valence-corrected chi connectivity index (χ4v) is 1.16. The Morgan fingerprint density at radius 2 is 1.95 bits per heavy atom. The third-order valence-corrected chi connectivity index (χ3v) is 2.38. The Morgan fingerprint density at radius 3 is 2.47 bits per heavy atom. The molecule has 0 aromatic carbocycles. The minimum absolute atomic E-state index is 0.0208. The van der Waals surface area contributed by atoms with E-state index in [9.17, 15) is 4.79 Å². The van der Waals surface area contributed by atoms with Gasteiger partial charge in [0.05, 0.1) is 6.20 Å². The normalized spacial score (nSPS) is 11.8. The summed E-state index contributed by atoms with van der Waals surface area (Å²) >= 11 is 5.53. The maximum atomic E-state index is 10.0. The van der Waals surface area contributed by atoms with E-state index in [0.717, 1.165) is 0 Å². The molecule has 0 saturated heterocycles. The Labute approximate surface area is 114 Å². The van der Waals surface area contributed by atoms with Crippen molar-refractivity contribution < 1.29 is 9.90 Å². The van der Waals surface area contributed by atoms with Gasteiger partial charge in [0.2, 0.25) is 5.28 Å². The minimum atomic E-state index is -0.931. The molecule has 2 heterocycles. The van der Waals surface area contributed by atoms with Gasteiger partial charge < -0.3 is 10.8 Å². The van der Waals surface area contributed by atoms with Gasteiger partial charge in [-0.25, -0.2) is 15.0 Å². The summed E-state index contributed by atoms with van der Waals surface area (Å²) < 4.78 is 0. The summed E-state index contributed by atoms with van der Waals surface area (Å²) in [6, 6.07) is -0.713. The Hall–Kier alpha value is -1.86. The topological polar surface area (TPSA) is 115 Å². The molecule has 1 atom stereocenters. The summed E-state index contributed by atoms with van der Waals surface area (Å²) in [5, 5.41) is 8.42. The van der Waals surface area contributed by atoms with Crippen molar-refractivity contribution in [3.8, 4) is 0 Å². The summed E-state index contributed by atoms with van der Waals surface area (Å²) in [6.45, 7) is 3.55. The summed E-state index contributed by atoms with van der Waals surface area (Å²) in [4.78, 5) is 25.6. The average molecular weight is 284 g/mol. The lowest BCUT2D eigenvalue weighted by atomic mass is 10.1. The molecule has 0 unspecified atom stereocenters. The van der Waals surface area contributed by atoms with Crippen LogP contribution in [-0.2, 0) is 4.79 Å². The third kappa shape index (κ3) is 4.72. The maximum absolute atomic E-state index is 10.0. The van der Waals surface area contributed by atoms with E-state index in [1.54, 1.807) is 26.2 Å². The van der Waals surface area contributed by atoms with Gasteiger partial charge in [-0.15, -0.1) is 0 Å². The van der Waals surface area contributed by atoms with E-state index in [1.807, 2.05) is 0 Å². The van der Waals surface area contributed by atoms with Gasteiger partial charge in [0, 0.05) is 12.4 Å². The van der Waals surface area contributed by atoms with Crippen LogP contribution in [-0.4, -0.2) is 37.1 Å². The van der Waals surface area contributed by atoms with Gasteiger partial charge in [-0.2, -0.15) is 4.98 Å². The number of rotatable bonds is 2. The Kier molecular flexibility index (Phi) is 5.53. The summed E-state index contributed by atoms with van der Waals surface area (Å²) in [6.07, 6.45) is 4.68. The average Bonchev–Trinajstić information content (AvgIpc) is 2.38. The van der Waals surface area contributed by atoms with E-state index in [-0.39, 0.29) is 11.2 Å². The first kappa shape index (κ1) is 15.2. The van der Waals surface area contributed by atoms with E-state index < -0.39 is 12.0 Å². The van der Waals surface area contributed by atoms with Gasteiger partial charge in [0.25, 0.3) is 0 Å². The minimum Gasteiger partial charge on any atom is -0.480 e. The second-order valence-corrected chi connectivity index (χ2v) is 4.35. The molecule has 0 amide bonds. The van der Waals surface area contributed by atoms with Crippen LogP contribution in [0.4, 0.5) is 0 Å². The lowest BCUT2D eigenvalue weighted by molar-refractivity contribution is -0.139. The fraction of sp³-hybridized carbons (Fsp3) is 0.364. The molecule has 19 heavy (non-hydrogen) atoms. The number of hydrogen-bond acceptors (Lipinski definition) is 6. The quantitative estimate of drug-likeness (QED) is 0.794. The number of fused-ring (bicyclic) bond motifs is 1.